The van der Waals surface area contributed by atoms with Crippen molar-refractivity contribution in [1.29, 1.82) is 0 Å². The van der Waals surface area contributed by atoms with Crippen LogP contribution in [0.2, 0.25) is 0 Å². The van der Waals surface area contributed by atoms with Crippen molar-refractivity contribution in [2.24, 2.45) is 5.73 Å². The maximum Gasteiger partial charge on any atom is 0.270 e. The lowest BCUT2D eigenvalue weighted by Gasteiger charge is -2.18. The highest BCUT2D eigenvalue weighted by Crippen LogP contribution is 2.26. The van der Waals surface area contributed by atoms with Crippen LogP contribution in [0.25, 0.3) is 10.6 Å². The molecular formula is C17H24ClN3O2S. The number of rotatable bonds is 6. The Morgan fingerprint density at radius 3 is 2.50 bits per heavy atom. The molecule has 0 atom stereocenters. The lowest BCUT2D eigenvalue weighted by Crippen LogP contribution is -2.45. The lowest BCUT2D eigenvalue weighted by atomic mass is 10.1. The Hall–Kier alpha value is -1.63. The van der Waals surface area contributed by atoms with Crippen molar-refractivity contribution in [3.8, 4) is 16.3 Å². The molecule has 0 bridgehead atoms. The number of hydrogen-bond acceptors (Lipinski definition) is 5. The van der Waals surface area contributed by atoms with Gasteiger partial charge in [0.05, 0.1) is 6.10 Å². The number of aromatic nitrogens is 1. The molecule has 5 nitrogen and oxygen atoms in total. The molecule has 1 amide bonds. The van der Waals surface area contributed by atoms with Gasteiger partial charge in [-0.15, -0.1) is 23.7 Å². The average Bonchev–Trinajstić information content (AvgIpc) is 2.94. The van der Waals surface area contributed by atoms with Gasteiger partial charge in [0, 0.05) is 23.0 Å². The summed E-state index contributed by atoms with van der Waals surface area (Å²) in [5.41, 5.74) is 6.79. The van der Waals surface area contributed by atoms with E-state index in [1.165, 1.54) is 11.3 Å². The van der Waals surface area contributed by atoms with Crippen LogP contribution in [0.4, 0.5) is 0 Å². The van der Waals surface area contributed by atoms with E-state index in [9.17, 15) is 4.79 Å². The monoisotopic (exact) mass is 369 g/mol. The van der Waals surface area contributed by atoms with Crippen LogP contribution in [-0.4, -0.2) is 29.1 Å². The van der Waals surface area contributed by atoms with Crippen LogP contribution in [0.1, 0.15) is 38.2 Å². The van der Waals surface area contributed by atoms with E-state index in [1.807, 2.05) is 52.0 Å². The van der Waals surface area contributed by atoms with Gasteiger partial charge in [-0.25, -0.2) is 4.98 Å². The van der Waals surface area contributed by atoms with E-state index in [-0.39, 0.29) is 24.4 Å². The molecule has 1 aromatic heterocycles. The molecule has 24 heavy (non-hydrogen) atoms. The summed E-state index contributed by atoms with van der Waals surface area (Å²) in [7, 11) is 0. The number of carbonyl (C=O) groups excluding carboxylic acids is 1. The maximum atomic E-state index is 12.1. The van der Waals surface area contributed by atoms with E-state index in [4.69, 9.17) is 10.5 Å². The number of thiazole rings is 1. The normalized spacial score (nSPS) is 11.1. The van der Waals surface area contributed by atoms with Gasteiger partial charge in [-0.2, -0.15) is 0 Å². The Morgan fingerprint density at radius 2 is 1.96 bits per heavy atom. The molecule has 0 aliphatic heterocycles. The molecule has 0 saturated heterocycles. The highest BCUT2D eigenvalue weighted by molar-refractivity contribution is 7.13. The van der Waals surface area contributed by atoms with E-state index in [2.05, 4.69) is 10.3 Å². The highest BCUT2D eigenvalue weighted by atomic mass is 35.5. The second-order valence-corrected chi connectivity index (χ2v) is 7.26. The molecule has 0 aliphatic rings. The zero-order valence-corrected chi connectivity index (χ0v) is 16.0. The van der Waals surface area contributed by atoms with Crippen LogP contribution in [0.5, 0.6) is 5.75 Å². The van der Waals surface area contributed by atoms with Crippen molar-refractivity contribution in [2.45, 2.75) is 39.3 Å². The van der Waals surface area contributed by atoms with E-state index in [0.29, 0.717) is 12.2 Å². The van der Waals surface area contributed by atoms with Crippen molar-refractivity contribution < 1.29 is 9.53 Å². The molecule has 1 heterocycles. The molecule has 0 saturated carbocycles. The molecule has 2 aromatic rings. The Labute approximate surface area is 153 Å². The van der Waals surface area contributed by atoms with E-state index in [1.54, 1.807) is 5.38 Å². The summed E-state index contributed by atoms with van der Waals surface area (Å²) in [4.78, 5) is 16.5. The minimum atomic E-state index is -0.444. The summed E-state index contributed by atoms with van der Waals surface area (Å²) >= 11 is 1.44. The summed E-state index contributed by atoms with van der Waals surface area (Å²) < 4.78 is 5.62. The quantitative estimate of drug-likeness (QED) is 0.817. The number of nitrogens with two attached hydrogens (primary N) is 1. The fourth-order valence-corrected chi connectivity index (χ4v) is 2.66. The molecule has 7 heteroatoms. The summed E-state index contributed by atoms with van der Waals surface area (Å²) in [6.45, 7) is 8.10. The molecule has 2 rings (SSSR count). The largest absolute Gasteiger partial charge is 0.491 e. The lowest BCUT2D eigenvalue weighted by molar-refractivity contribution is 0.0942. The fourth-order valence-electron chi connectivity index (χ4n) is 1.86. The minimum Gasteiger partial charge on any atom is -0.491 e. The van der Waals surface area contributed by atoms with Crippen LogP contribution in [0, 0.1) is 0 Å². The van der Waals surface area contributed by atoms with Crippen LogP contribution in [-0.2, 0) is 0 Å². The number of nitrogens with one attached hydrogen (secondary N) is 1. The molecule has 3 N–H and O–H groups in total. The molecule has 0 radical (unpaired) electrons. The standard InChI is InChI=1S/C17H23N3O2S.ClH/c1-11(2)22-13-7-5-12(6-8-13)16-20-14(9-23-16)15(21)19-10-17(3,4)18;/h5-9,11H,10,18H2,1-4H3,(H,19,21);1H. The zero-order chi connectivity index (χ0) is 17.0. The summed E-state index contributed by atoms with van der Waals surface area (Å²) in [6.07, 6.45) is 0.141. The second-order valence-electron chi connectivity index (χ2n) is 6.40. The fraction of sp³-hybridized carbons (Fsp3) is 0.412. The van der Waals surface area contributed by atoms with Crippen LogP contribution in [0.3, 0.4) is 0 Å². The van der Waals surface area contributed by atoms with E-state index < -0.39 is 5.54 Å². The van der Waals surface area contributed by atoms with Crippen LogP contribution >= 0.6 is 23.7 Å². The number of halogens is 1. The maximum absolute atomic E-state index is 12.1. The van der Waals surface area contributed by atoms with Crippen LogP contribution < -0.4 is 15.8 Å². The number of hydrogen-bond donors (Lipinski definition) is 2. The first-order chi connectivity index (χ1) is 10.7. The average molecular weight is 370 g/mol. The van der Waals surface area contributed by atoms with Gasteiger partial charge >= 0.3 is 0 Å². The first kappa shape index (κ1) is 20.4. The topological polar surface area (TPSA) is 77.2 Å². The van der Waals surface area contributed by atoms with E-state index in [0.717, 1.165) is 16.3 Å². The molecule has 132 valence electrons. The van der Waals surface area contributed by atoms with Gasteiger partial charge in [0.1, 0.15) is 16.5 Å². The number of carbonyl (C=O) groups is 1. The number of ether oxygens (including phenoxy) is 1. The third-order valence-electron chi connectivity index (χ3n) is 2.91. The minimum absolute atomic E-state index is 0. The van der Waals surface area contributed by atoms with E-state index >= 15 is 0 Å². The molecule has 0 fully saturated rings. The summed E-state index contributed by atoms with van der Waals surface area (Å²) in [6, 6.07) is 7.71. The Balaban J connectivity index is 0.00000288. The predicted octanol–water partition coefficient (Wildman–Crippen LogP) is 3.49. The number of benzene rings is 1. The first-order valence-electron chi connectivity index (χ1n) is 7.54. The number of nitrogens with zero attached hydrogens (tertiary/aromatic N) is 1. The summed E-state index contributed by atoms with van der Waals surface area (Å²) in [5.74, 6) is 0.620. The number of amides is 1. The third kappa shape index (κ3) is 6.11. The van der Waals surface area contributed by atoms with Crippen molar-refractivity contribution in [3.63, 3.8) is 0 Å². The van der Waals surface area contributed by atoms with Gasteiger partial charge in [-0.3, -0.25) is 4.79 Å². The van der Waals surface area contributed by atoms with Gasteiger partial charge < -0.3 is 15.8 Å². The zero-order valence-electron chi connectivity index (χ0n) is 14.3. The second kappa shape index (κ2) is 8.46. The summed E-state index contributed by atoms with van der Waals surface area (Å²) in [5, 5.41) is 5.36. The van der Waals surface area contributed by atoms with Gasteiger partial charge in [0.2, 0.25) is 0 Å². The Morgan fingerprint density at radius 1 is 1.33 bits per heavy atom. The Kier molecular flexibility index (Phi) is 7.20. The molecule has 0 unspecified atom stereocenters. The SMILES string of the molecule is CC(C)Oc1ccc(-c2nc(C(=O)NCC(C)(C)N)cs2)cc1.Cl. The predicted molar refractivity (Wildman–Crippen MR) is 101 cm³/mol. The highest BCUT2D eigenvalue weighted by Gasteiger charge is 2.16. The van der Waals surface area contributed by atoms with Crippen molar-refractivity contribution in [2.75, 3.05) is 6.54 Å². The van der Waals surface area contributed by atoms with Gasteiger partial charge in [0.15, 0.2) is 0 Å². The van der Waals surface area contributed by atoms with Crippen molar-refractivity contribution in [3.05, 3.63) is 35.3 Å². The molecule has 0 spiro atoms. The van der Waals surface area contributed by atoms with Gasteiger partial charge in [-0.05, 0) is 52.0 Å². The first-order valence-corrected chi connectivity index (χ1v) is 8.42. The van der Waals surface area contributed by atoms with Crippen molar-refractivity contribution >= 4 is 29.7 Å². The molecular weight excluding hydrogens is 346 g/mol. The van der Waals surface area contributed by atoms with Crippen molar-refractivity contribution in [1.82, 2.24) is 10.3 Å². The molecule has 1 aromatic carbocycles. The van der Waals surface area contributed by atoms with Gasteiger partial charge in [0.25, 0.3) is 5.91 Å². The Bertz CT molecular complexity index is 663. The third-order valence-corrected chi connectivity index (χ3v) is 3.81. The smallest absolute Gasteiger partial charge is 0.270 e. The van der Waals surface area contributed by atoms with Gasteiger partial charge in [-0.1, -0.05) is 0 Å². The molecule has 0 aliphatic carbocycles. The van der Waals surface area contributed by atoms with Crippen LogP contribution in [0.15, 0.2) is 29.6 Å².